The molecule has 0 aromatic carbocycles. The monoisotopic (exact) mass is 468 g/mol. The van der Waals surface area contributed by atoms with Crippen LogP contribution in [0.25, 0.3) is 4.98 Å². The Kier molecular flexibility index (Phi) is 11.6. The molecule has 0 amide bonds. The van der Waals surface area contributed by atoms with Gasteiger partial charge in [-0.1, -0.05) is 81.1 Å². The molecule has 174 valence electrons. The van der Waals surface area contributed by atoms with E-state index < -0.39 is 8.24 Å². The van der Waals surface area contributed by atoms with Crippen molar-refractivity contribution in [2.75, 3.05) is 6.54 Å². The summed E-state index contributed by atoms with van der Waals surface area (Å²) in [4.78, 5) is 8.61. The summed E-state index contributed by atoms with van der Waals surface area (Å²) in [5, 5.41) is 0. The Hall–Kier alpha value is 0.851. The molecule has 1 saturated heterocycles. The molecule has 7 atom stereocenters. The molecular formula is C26H52N2SiTi. The average Bonchev–Trinajstić information content (AvgIpc) is 3.04. The maximum atomic E-state index is 5.57. The van der Waals surface area contributed by atoms with Gasteiger partial charge in [0.1, 0.15) is 0 Å². The van der Waals surface area contributed by atoms with Gasteiger partial charge in [-0.15, -0.1) is 5.54 Å². The Labute approximate surface area is 207 Å². The third kappa shape index (κ3) is 5.32. The van der Waals surface area contributed by atoms with Crippen LogP contribution in [0.2, 0.25) is 18.6 Å². The molecule has 0 spiro atoms. The minimum Gasteiger partial charge on any atom is -0.660 e. The third-order valence-electron chi connectivity index (χ3n) is 8.48. The van der Waals surface area contributed by atoms with Crippen LogP contribution in [0.3, 0.4) is 0 Å². The third-order valence-corrected chi connectivity index (χ3v) is 12.1. The van der Waals surface area contributed by atoms with Gasteiger partial charge in [0, 0.05) is 12.1 Å². The maximum absolute atomic E-state index is 5.57. The first-order valence-electron chi connectivity index (χ1n) is 11.7. The fourth-order valence-electron chi connectivity index (χ4n) is 8.40. The Bertz CT molecular complexity index is 518. The zero-order valence-electron chi connectivity index (χ0n) is 21.8. The summed E-state index contributed by atoms with van der Waals surface area (Å²) in [6, 6.07) is 1.78. The standard InChI is InChI=1S/C23H43N2Si.3CH3.Ti/c1-7-25-19-15-11-10-14-18(19)20-16-12-8-9-13-17(16)22(21(20)25)26(5,6)24-23(2,3)4;;;;/h16-22H,7-15H2,1-6H3;3*1H3;/q4*-1;+4/t16?,17?,18?,19?,20-,21?,22?;;;;/m1..../s1. The molecule has 4 rings (SSSR count). The zero-order valence-corrected chi connectivity index (χ0v) is 24.4. The van der Waals surface area contributed by atoms with Gasteiger partial charge in [0.15, 0.2) is 0 Å². The van der Waals surface area contributed by atoms with Gasteiger partial charge in [-0.05, 0) is 55.0 Å². The van der Waals surface area contributed by atoms with Crippen molar-refractivity contribution in [3.8, 4) is 0 Å². The zero-order chi connectivity index (χ0) is 18.7. The number of fused-ring (bicyclic) bond motifs is 5. The van der Waals surface area contributed by atoms with Crippen LogP contribution in [-0.2, 0) is 21.7 Å². The van der Waals surface area contributed by atoms with E-state index in [1.165, 1.54) is 57.9 Å². The van der Waals surface area contributed by atoms with Gasteiger partial charge >= 0.3 is 21.7 Å². The summed E-state index contributed by atoms with van der Waals surface area (Å²) >= 11 is 0. The summed E-state index contributed by atoms with van der Waals surface area (Å²) in [6.45, 7) is 16.0. The molecule has 3 saturated carbocycles. The van der Waals surface area contributed by atoms with Gasteiger partial charge < -0.3 is 27.3 Å². The molecule has 0 bridgehead atoms. The van der Waals surface area contributed by atoms with Crippen molar-refractivity contribution in [3.05, 3.63) is 27.3 Å². The molecule has 30 heavy (non-hydrogen) atoms. The van der Waals surface area contributed by atoms with E-state index in [1.54, 1.807) is 0 Å². The van der Waals surface area contributed by atoms with Crippen molar-refractivity contribution in [1.29, 1.82) is 0 Å². The summed E-state index contributed by atoms with van der Waals surface area (Å²) in [7, 11) is -1.64. The van der Waals surface area contributed by atoms with E-state index in [4.69, 9.17) is 4.98 Å². The van der Waals surface area contributed by atoms with Gasteiger partial charge in [-0.3, -0.25) is 4.90 Å². The van der Waals surface area contributed by atoms with Crippen molar-refractivity contribution < 1.29 is 21.7 Å². The molecule has 2 nitrogen and oxygen atoms in total. The quantitative estimate of drug-likeness (QED) is 0.305. The van der Waals surface area contributed by atoms with Crippen molar-refractivity contribution >= 4 is 8.24 Å². The van der Waals surface area contributed by atoms with Crippen molar-refractivity contribution in [1.82, 2.24) is 4.90 Å². The molecule has 4 fully saturated rings. The van der Waals surface area contributed by atoms with E-state index in [2.05, 4.69) is 45.7 Å². The Morgan fingerprint density at radius 3 is 1.87 bits per heavy atom. The van der Waals surface area contributed by atoms with Gasteiger partial charge in [-0.25, -0.2) is 0 Å². The van der Waals surface area contributed by atoms with E-state index in [9.17, 15) is 0 Å². The number of hydrogen-bond acceptors (Lipinski definition) is 1. The Morgan fingerprint density at radius 2 is 1.33 bits per heavy atom. The van der Waals surface area contributed by atoms with Gasteiger partial charge in [-0.2, -0.15) is 0 Å². The molecule has 4 aliphatic rings. The Balaban J connectivity index is 0.00000210. The molecule has 3 aliphatic carbocycles. The van der Waals surface area contributed by atoms with E-state index in [1.807, 2.05) is 0 Å². The van der Waals surface area contributed by atoms with Crippen LogP contribution in [-0.4, -0.2) is 37.3 Å². The predicted octanol–water partition coefficient (Wildman–Crippen LogP) is 7.78. The van der Waals surface area contributed by atoms with Crippen LogP contribution in [0.15, 0.2) is 0 Å². The minimum atomic E-state index is -1.64. The van der Waals surface area contributed by atoms with Crippen LogP contribution in [0.5, 0.6) is 0 Å². The van der Waals surface area contributed by atoms with Crippen LogP contribution >= 0.6 is 0 Å². The first-order chi connectivity index (χ1) is 12.2. The first kappa shape index (κ1) is 30.9. The Morgan fingerprint density at radius 1 is 0.833 bits per heavy atom. The number of hydrogen-bond donors (Lipinski definition) is 0. The molecular weight excluding hydrogens is 416 g/mol. The van der Waals surface area contributed by atoms with Crippen LogP contribution in [0, 0.1) is 46.0 Å². The molecule has 1 aliphatic heterocycles. The van der Waals surface area contributed by atoms with Crippen molar-refractivity contribution in [3.63, 3.8) is 0 Å². The second kappa shape index (κ2) is 11.3. The summed E-state index contributed by atoms with van der Waals surface area (Å²) < 4.78 is 0. The second-order valence-electron chi connectivity index (χ2n) is 11.5. The minimum absolute atomic E-state index is 0. The van der Waals surface area contributed by atoms with E-state index >= 15 is 0 Å². The van der Waals surface area contributed by atoms with E-state index in [0.29, 0.717) is 0 Å². The van der Waals surface area contributed by atoms with E-state index in [0.717, 1.165) is 41.3 Å². The molecule has 6 unspecified atom stereocenters. The first-order valence-corrected chi connectivity index (χ1v) is 14.8. The van der Waals surface area contributed by atoms with Gasteiger partial charge in [0.05, 0.1) is 0 Å². The molecule has 4 heteroatoms. The summed E-state index contributed by atoms with van der Waals surface area (Å²) in [6.07, 6.45) is 12.0. The second-order valence-corrected chi connectivity index (χ2v) is 15.7. The smallest absolute Gasteiger partial charge is 0.660 e. The maximum Gasteiger partial charge on any atom is 4.00 e. The number of likely N-dealkylation sites (tertiary alicyclic amines) is 1. The largest absolute Gasteiger partial charge is 4.00 e. The average molecular weight is 469 g/mol. The fraction of sp³-hybridized carbons (Fsp3) is 0.885. The number of nitrogens with zero attached hydrogens (tertiary/aromatic N) is 2. The summed E-state index contributed by atoms with van der Waals surface area (Å²) in [5.41, 5.74) is 1.03. The SMILES string of the molecule is CCN1C2CCCCC2[C@H]2C3CCCCC3C([Si](C)(C)[N-]C(C)(C)C)C21.[CH3-].[CH3-].[CH3-].[Ti+4]. The van der Waals surface area contributed by atoms with Crippen LogP contribution in [0.4, 0.5) is 0 Å². The molecule has 0 aromatic heterocycles. The van der Waals surface area contributed by atoms with Crippen molar-refractivity contribution in [2.24, 2.45) is 23.7 Å². The van der Waals surface area contributed by atoms with Gasteiger partial charge in [0.2, 0.25) is 0 Å². The molecule has 0 N–H and O–H groups in total. The normalized spacial score (nSPS) is 38.0. The molecule has 1 heterocycles. The predicted molar refractivity (Wildman–Crippen MR) is 134 cm³/mol. The fourth-order valence-corrected chi connectivity index (χ4v) is 13.0. The molecule has 0 aromatic rings. The topological polar surface area (TPSA) is 17.3 Å². The van der Waals surface area contributed by atoms with Crippen LogP contribution in [0.1, 0.15) is 79.1 Å². The van der Waals surface area contributed by atoms with Gasteiger partial charge in [0.25, 0.3) is 0 Å². The molecule has 0 radical (unpaired) electrons. The van der Waals surface area contributed by atoms with E-state index in [-0.39, 0.29) is 49.5 Å². The van der Waals surface area contributed by atoms with Crippen molar-refractivity contribution in [2.45, 2.75) is 115 Å². The summed E-state index contributed by atoms with van der Waals surface area (Å²) in [5.74, 6) is 4.05. The van der Waals surface area contributed by atoms with Crippen LogP contribution < -0.4 is 0 Å². The number of rotatable bonds is 3.